The van der Waals surface area contributed by atoms with Gasteiger partial charge in [-0.15, -0.1) is 0 Å². The first-order valence-electron chi connectivity index (χ1n) is 6.96. The Labute approximate surface area is 111 Å². The molecule has 0 aliphatic heterocycles. The van der Waals surface area contributed by atoms with Crippen molar-refractivity contribution >= 4 is 9.84 Å². The van der Waals surface area contributed by atoms with Crippen molar-refractivity contribution in [1.82, 2.24) is 5.32 Å². The highest BCUT2D eigenvalue weighted by Crippen LogP contribution is 2.24. The van der Waals surface area contributed by atoms with E-state index in [-0.39, 0.29) is 17.2 Å². The van der Waals surface area contributed by atoms with Gasteiger partial charge in [-0.2, -0.15) is 0 Å². The standard InChI is InChI=1S/C13H27NO3S/c1-4-10(2)12(15)9-14-11-7-5-6-8-13(11)18(3,16)17/h10-15H,4-9H2,1-3H3. The quantitative estimate of drug-likeness (QED) is 0.769. The minimum Gasteiger partial charge on any atom is -0.392 e. The average molecular weight is 277 g/mol. The van der Waals surface area contributed by atoms with Gasteiger partial charge in [0.2, 0.25) is 0 Å². The molecule has 2 N–H and O–H groups in total. The van der Waals surface area contributed by atoms with Gasteiger partial charge in [0.25, 0.3) is 0 Å². The van der Waals surface area contributed by atoms with Crippen LogP contribution < -0.4 is 5.32 Å². The molecule has 1 aliphatic carbocycles. The second-order valence-electron chi connectivity index (χ2n) is 5.62. The second kappa shape index (κ2) is 6.87. The number of rotatable bonds is 6. The topological polar surface area (TPSA) is 66.4 Å². The molecule has 0 aromatic carbocycles. The van der Waals surface area contributed by atoms with E-state index in [1.54, 1.807) is 0 Å². The van der Waals surface area contributed by atoms with Gasteiger partial charge in [-0.3, -0.25) is 0 Å². The minimum atomic E-state index is -2.99. The second-order valence-corrected chi connectivity index (χ2v) is 7.88. The maximum absolute atomic E-state index is 11.7. The molecule has 0 aromatic heterocycles. The summed E-state index contributed by atoms with van der Waals surface area (Å²) in [4.78, 5) is 0. The Morgan fingerprint density at radius 3 is 2.50 bits per heavy atom. The average Bonchev–Trinajstić information content (AvgIpc) is 2.34. The van der Waals surface area contributed by atoms with Gasteiger partial charge in [0.1, 0.15) is 0 Å². The highest BCUT2D eigenvalue weighted by atomic mass is 32.2. The van der Waals surface area contributed by atoms with Crippen LogP contribution in [0.3, 0.4) is 0 Å². The summed E-state index contributed by atoms with van der Waals surface area (Å²) in [5, 5.41) is 12.9. The number of hydrogen-bond donors (Lipinski definition) is 2. The molecule has 4 unspecified atom stereocenters. The van der Waals surface area contributed by atoms with Gasteiger partial charge < -0.3 is 10.4 Å². The molecule has 0 heterocycles. The van der Waals surface area contributed by atoms with Gasteiger partial charge in [0, 0.05) is 18.8 Å². The number of hydrogen-bond acceptors (Lipinski definition) is 4. The molecule has 108 valence electrons. The lowest BCUT2D eigenvalue weighted by Gasteiger charge is -2.32. The molecule has 1 fully saturated rings. The summed E-state index contributed by atoms with van der Waals surface area (Å²) in [6, 6.07) is 0.00690. The minimum absolute atomic E-state index is 0.00690. The zero-order valence-electron chi connectivity index (χ0n) is 11.7. The van der Waals surface area contributed by atoms with Gasteiger partial charge in [0.15, 0.2) is 9.84 Å². The maximum Gasteiger partial charge on any atom is 0.151 e. The fourth-order valence-corrected chi connectivity index (χ4v) is 4.01. The molecule has 0 bridgehead atoms. The number of aliphatic hydroxyl groups excluding tert-OH is 1. The number of sulfone groups is 1. The Balaban J connectivity index is 2.53. The molecule has 0 spiro atoms. The maximum atomic E-state index is 11.7. The van der Waals surface area contributed by atoms with E-state index in [0.717, 1.165) is 32.1 Å². The van der Waals surface area contributed by atoms with Crippen molar-refractivity contribution in [3.8, 4) is 0 Å². The van der Waals surface area contributed by atoms with Crippen LogP contribution in [0.1, 0.15) is 46.0 Å². The van der Waals surface area contributed by atoms with E-state index in [1.165, 1.54) is 6.26 Å². The van der Waals surface area contributed by atoms with Crippen LogP contribution in [-0.2, 0) is 9.84 Å². The van der Waals surface area contributed by atoms with Crippen molar-refractivity contribution in [3.05, 3.63) is 0 Å². The van der Waals surface area contributed by atoms with Crippen molar-refractivity contribution in [3.63, 3.8) is 0 Å². The SMILES string of the molecule is CCC(C)C(O)CNC1CCCCC1S(C)(=O)=O. The first kappa shape index (κ1) is 15.9. The lowest BCUT2D eigenvalue weighted by molar-refractivity contribution is 0.107. The van der Waals surface area contributed by atoms with Crippen molar-refractivity contribution in [1.29, 1.82) is 0 Å². The summed E-state index contributed by atoms with van der Waals surface area (Å²) in [7, 11) is -2.99. The Kier molecular flexibility index (Phi) is 6.08. The first-order chi connectivity index (χ1) is 8.36. The third kappa shape index (κ3) is 4.52. The summed E-state index contributed by atoms with van der Waals surface area (Å²) in [6.07, 6.45) is 5.57. The van der Waals surface area contributed by atoms with Gasteiger partial charge in [0.05, 0.1) is 11.4 Å². The van der Waals surface area contributed by atoms with E-state index in [2.05, 4.69) is 5.32 Å². The van der Waals surface area contributed by atoms with E-state index in [9.17, 15) is 13.5 Å². The summed E-state index contributed by atoms with van der Waals surface area (Å²) >= 11 is 0. The van der Waals surface area contributed by atoms with Crippen LogP contribution >= 0.6 is 0 Å². The van der Waals surface area contributed by atoms with Crippen molar-refractivity contribution in [2.24, 2.45) is 5.92 Å². The molecular formula is C13H27NO3S. The van der Waals surface area contributed by atoms with Crippen molar-refractivity contribution in [2.45, 2.75) is 63.3 Å². The Hall–Kier alpha value is -0.130. The molecule has 1 rings (SSSR count). The van der Waals surface area contributed by atoms with Crippen LogP contribution in [0.25, 0.3) is 0 Å². The largest absolute Gasteiger partial charge is 0.392 e. The summed E-state index contributed by atoms with van der Waals surface area (Å²) in [5.41, 5.74) is 0. The van der Waals surface area contributed by atoms with Crippen molar-refractivity contribution < 1.29 is 13.5 Å². The van der Waals surface area contributed by atoms with E-state index in [1.807, 2.05) is 13.8 Å². The Morgan fingerprint density at radius 2 is 1.94 bits per heavy atom. The monoisotopic (exact) mass is 277 g/mol. The Bertz CT molecular complexity index is 342. The van der Waals surface area contributed by atoms with Gasteiger partial charge >= 0.3 is 0 Å². The van der Waals surface area contributed by atoms with Crippen molar-refractivity contribution in [2.75, 3.05) is 12.8 Å². The van der Waals surface area contributed by atoms with Crippen LogP contribution in [0.4, 0.5) is 0 Å². The van der Waals surface area contributed by atoms with E-state index < -0.39 is 15.9 Å². The van der Waals surface area contributed by atoms with E-state index >= 15 is 0 Å². The molecule has 0 saturated heterocycles. The summed E-state index contributed by atoms with van der Waals surface area (Å²) in [6.45, 7) is 4.56. The third-order valence-corrected chi connectivity index (χ3v) is 5.81. The molecule has 18 heavy (non-hydrogen) atoms. The van der Waals surface area contributed by atoms with Crippen LogP contribution in [-0.4, -0.2) is 43.7 Å². The fraction of sp³-hybridized carbons (Fsp3) is 1.00. The van der Waals surface area contributed by atoms with Crippen LogP contribution in [0.2, 0.25) is 0 Å². The first-order valence-corrected chi connectivity index (χ1v) is 8.92. The molecule has 0 radical (unpaired) electrons. The molecule has 5 heteroatoms. The van der Waals surface area contributed by atoms with Crippen LogP contribution in [0, 0.1) is 5.92 Å². The lowest BCUT2D eigenvalue weighted by atomic mass is 9.94. The molecule has 4 nitrogen and oxygen atoms in total. The molecule has 0 aromatic rings. The highest BCUT2D eigenvalue weighted by Gasteiger charge is 2.32. The van der Waals surface area contributed by atoms with Gasteiger partial charge in [-0.1, -0.05) is 33.1 Å². The number of nitrogens with one attached hydrogen (secondary N) is 1. The van der Waals surface area contributed by atoms with Crippen LogP contribution in [0.5, 0.6) is 0 Å². The molecule has 0 amide bonds. The highest BCUT2D eigenvalue weighted by molar-refractivity contribution is 7.91. The number of aliphatic hydroxyl groups is 1. The molecule has 4 atom stereocenters. The smallest absolute Gasteiger partial charge is 0.151 e. The zero-order valence-corrected chi connectivity index (χ0v) is 12.5. The summed E-state index contributed by atoms with van der Waals surface area (Å²) < 4.78 is 23.5. The predicted octanol–water partition coefficient (Wildman–Crippen LogP) is 1.34. The normalized spacial score (nSPS) is 28.9. The fourth-order valence-electron chi connectivity index (χ4n) is 2.59. The van der Waals surface area contributed by atoms with Gasteiger partial charge in [-0.25, -0.2) is 8.42 Å². The lowest BCUT2D eigenvalue weighted by Crippen LogP contribution is -2.48. The molecular weight excluding hydrogens is 250 g/mol. The van der Waals surface area contributed by atoms with E-state index in [4.69, 9.17) is 0 Å². The molecule has 1 saturated carbocycles. The third-order valence-electron chi connectivity index (χ3n) is 4.14. The Morgan fingerprint density at radius 1 is 1.33 bits per heavy atom. The van der Waals surface area contributed by atoms with E-state index in [0.29, 0.717) is 6.54 Å². The predicted molar refractivity (Wildman–Crippen MR) is 74.4 cm³/mol. The molecule has 1 aliphatic rings. The van der Waals surface area contributed by atoms with Gasteiger partial charge in [-0.05, 0) is 18.8 Å². The zero-order chi connectivity index (χ0) is 13.8. The summed E-state index contributed by atoms with van der Waals surface area (Å²) in [5.74, 6) is 0.248. The van der Waals surface area contributed by atoms with Crippen LogP contribution in [0.15, 0.2) is 0 Å².